The van der Waals surface area contributed by atoms with Crippen LogP contribution < -0.4 is 4.72 Å². The smallest absolute Gasteiger partial charge is 0.282 e. The molecule has 0 aliphatic rings. The fraction of sp³-hybridized carbons (Fsp3) is 0.400. The van der Waals surface area contributed by atoms with Crippen LogP contribution in [0.2, 0.25) is 0 Å². The van der Waals surface area contributed by atoms with Gasteiger partial charge in [-0.2, -0.15) is 13.2 Å². The monoisotopic (exact) mass is 345 g/mol. The predicted molar refractivity (Wildman–Crippen MR) is 66.8 cm³/mol. The lowest BCUT2D eigenvalue weighted by Crippen LogP contribution is -2.23. The normalized spacial score (nSPS) is 12.8. The van der Waals surface area contributed by atoms with Gasteiger partial charge in [0.1, 0.15) is 0 Å². The maximum atomic E-state index is 12.6. The van der Waals surface area contributed by atoms with Gasteiger partial charge in [0.05, 0.1) is 21.0 Å². The highest BCUT2D eigenvalue weighted by Gasteiger charge is 2.34. The molecule has 18 heavy (non-hydrogen) atoms. The van der Waals surface area contributed by atoms with Crippen molar-refractivity contribution in [3.8, 4) is 0 Å². The highest BCUT2D eigenvalue weighted by Crippen LogP contribution is 2.38. The van der Waals surface area contributed by atoms with Gasteiger partial charge in [-0.15, -0.1) is 0 Å². The third-order valence-corrected chi connectivity index (χ3v) is 4.78. The van der Waals surface area contributed by atoms with Crippen molar-refractivity contribution in [2.24, 2.45) is 0 Å². The Hall–Kier alpha value is -0.760. The van der Waals surface area contributed by atoms with E-state index >= 15 is 0 Å². The van der Waals surface area contributed by atoms with Crippen LogP contribution in [-0.4, -0.2) is 13.7 Å². The number of halogens is 4. The van der Waals surface area contributed by atoms with E-state index in [0.29, 0.717) is 0 Å². The topological polar surface area (TPSA) is 46.2 Å². The van der Waals surface area contributed by atoms with Crippen molar-refractivity contribution in [3.63, 3.8) is 0 Å². The van der Waals surface area contributed by atoms with Gasteiger partial charge in [-0.05, 0) is 41.9 Å². The summed E-state index contributed by atoms with van der Waals surface area (Å²) in [5, 5.41) is -0.737. The number of sulfonamides is 1. The third kappa shape index (κ3) is 3.38. The van der Waals surface area contributed by atoms with E-state index in [-0.39, 0.29) is 10.2 Å². The molecule has 1 N–H and O–H groups in total. The van der Waals surface area contributed by atoms with E-state index in [1.807, 2.05) is 0 Å². The average Bonchev–Trinajstić information content (AvgIpc) is 2.18. The summed E-state index contributed by atoms with van der Waals surface area (Å²) in [6, 6.07) is 3.28. The number of hydrogen-bond donors (Lipinski definition) is 1. The van der Waals surface area contributed by atoms with Crippen molar-refractivity contribution in [2.75, 3.05) is 4.72 Å². The van der Waals surface area contributed by atoms with Crippen molar-refractivity contribution in [2.45, 2.75) is 25.3 Å². The summed E-state index contributed by atoms with van der Waals surface area (Å²) in [5.74, 6) is 0. The highest BCUT2D eigenvalue weighted by molar-refractivity contribution is 9.10. The van der Waals surface area contributed by atoms with Crippen LogP contribution in [0.15, 0.2) is 22.7 Å². The number of benzene rings is 1. The van der Waals surface area contributed by atoms with Gasteiger partial charge in [0.15, 0.2) is 0 Å². The molecule has 1 aromatic rings. The average molecular weight is 346 g/mol. The molecule has 0 heterocycles. The molecule has 0 spiro atoms. The van der Waals surface area contributed by atoms with E-state index in [1.54, 1.807) is 0 Å². The Balaban J connectivity index is 3.22. The minimum Gasteiger partial charge on any atom is -0.282 e. The van der Waals surface area contributed by atoms with E-state index in [4.69, 9.17) is 0 Å². The summed E-state index contributed by atoms with van der Waals surface area (Å²) in [7, 11) is -3.68. The fourth-order valence-electron chi connectivity index (χ4n) is 1.10. The van der Waals surface area contributed by atoms with Crippen LogP contribution in [0.25, 0.3) is 0 Å². The van der Waals surface area contributed by atoms with Crippen LogP contribution in [0.3, 0.4) is 0 Å². The first-order valence-electron chi connectivity index (χ1n) is 4.93. The molecule has 0 atom stereocenters. The first kappa shape index (κ1) is 15.3. The number of rotatable bonds is 3. The predicted octanol–water partition coefficient (Wildman–Crippen LogP) is 3.62. The fourth-order valence-corrected chi connectivity index (χ4v) is 2.53. The molecule has 0 aromatic heterocycles. The Kier molecular flexibility index (Phi) is 4.32. The summed E-state index contributed by atoms with van der Waals surface area (Å²) in [5.41, 5.74) is -1.05. The molecule has 3 nitrogen and oxygen atoms in total. The molecule has 0 unspecified atom stereocenters. The van der Waals surface area contributed by atoms with Crippen molar-refractivity contribution in [3.05, 3.63) is 28.2 Å². The Bertz CT molecular complexity index is 541. The van der Waals surface area contributed by atoms with E-state index in [1.165, 1.54) is 19.9 Å². The van der Waals surface area contributed by atoms with Crippen molar-refractivity contribution >= 4 is 31.6 Å². The van der Waals surface area contributed by atoms with Gasteiger partial charge in [-0.3, -0.25) is 4.72 Å². The van der Waals surface area contributed by atoms with Crippen molar-refractivity contribution < 1.29 is 21.6 Å². The van der Waals surface area contributed by atoms with Gasteiger partial charge in [0.2, 0.25) is 10.0 Å². The van der Waals surface area contributed by atoms with Crippen LogP contribution in [0.5, 0.6) is 0 Å². The van der Waals surface area contributed by atoms with Crippen LogP contribution in [0.1, 0.15) is 19.4 Å². The summed E-state index contributed by atoms with van der Waals surface area (Å²) in [6.45, 7) is 2.87. The molecule has 0 fully saturated rings. The Morgan fingerprint density at radius 3 is 2.28 bits per heavy atom. The highest BCUT2D eigenvalue weighted by atomic mass is 79.9. The minimum atomic E-state index is -4.54. The molecule has 102 valence electrons. The molecule has 8 heteroatoms. The summed E-state index contributed by atoms with van der Waals surface area (Å²) in [4.78, 5) is 0. The van der Waals surface area contributed by atoms with Crippen molar-refractivity contribution in [1.82, 2.24) is 0 Å². The van der Waals surface area contributed by atoms with E-state index in [9.17, 15) is 21.6 Å². The molecule has 0 amide bonds. The molecule has 0 bridgehead atoms. The van der Waals surface area contributed by atoms with Gasteiger partial charge in [-0.1, -0.05) is 6.07 Å². The zero-order chi connectivity index (χ0) is 14.1. The second-order valence-electron chi connectivity index (χ2n) is 3.86. The molecule has 0 saturated heterocycles. The number of anilines is 1. The lowest BCUT2D eigenvalue weighted by Gasteiger charge is -2.15. The third-order valence-electron chi connectivity index (χ3n) is 2.18. The summed E-state index contributed by atoms with van der Waals surface area (Å²) < 4.78 is 62.8. The molecule has 0 aliphatic carbocycles. The standard InChI is InChI=1S/C10H11BrF3NO2S/c1-6(2)18(16,17)15-8-5-3-4-7(9(8)11)10(12,13)14/h3-6,15H,1-2H3. The number of hydrogen-bond acceptors (Lipinski definition) is 2. The molecular weight excluding hydrogens is 335 g/mol. The van der Waals surface area contributed by atoms with Crippen LogP contribution >= 0.6 is 15.9 Å². The number of alkyl halides is 3. The number of nitrogens with one attached hydrogen (secondary N) is 1. The Morgan fingerprint density at radius 2 is 1.83 bits per heavy atom. The molecule has 0 radical (unpaired) electrons. The lowest BCUT2D eigenvalue weighted by molar-refractivity contribution is -0.138. The zero-order valence-corrected chi connectivity index (χ0v) is 11.9. The lowest BCUT2D eigenvalue weighted by atomic mass is 10.2. The quantitative estimate of drug-likeness (QED) is 0.909. The summed E-state index contributed by atoms with van der Waals surface area (Å²) in [6.07, 6.45) is -4.54. The van der Waals surface area contributed by atoms with Gasteiger partial charge >= 0.3 is 6.18 Å². The molecule has 1 aromatic carbocycles. The van der Waals surface area contributed by atoms with E-state index in [2.05, 4.69) is 20.7 Å². The molecule has 0 aliphatic heterocycles. The zero-order valence-electron chi connectivity index (χ0n) is 9.55. The SMILES string of the molecule is CC(C)S(=O)(=O)Nc1cccc(C(F)(F)F)c1Br. The van der Waals surface area contributed by atoms with Crippen LogP contribution in [0, 0.1) is 0 Å². The van der Waals surface area contributed by atoms with Gasteiger partial charge < -0.3 is 0 Å². The summed E-state index contributed by atoms with van der Waals surface area (Å²) >= 11 is 2.77. The van der Waals surface area contributed by atoms with E-state index in [0.717, 1.165) is 12.1 Å². The Labute approximate surface area is 112 Å². The first-order chi connectivity index (χ1) is 8.05. The largest absolute Gasteiger partial charge is 0.417 e. The molecule has 1 rings (SSSR count). The maximum Gasteiger partial charge on any atom is 0.417 e. The second-order valence-corrected chi connectivity index (χ2v) is 6.89. The van der Waals surface area contributed by atoms with Crippen LogP contribution in [0.4, 0.5) is 18.9 Å². The maximum absolute atomic E-state index is 12.6. The van der Waals surface area contributed by atoms with Gasteiger partial charge in [0, 0.05) is 0 Å². The Morgan fingerprint density at radius 1 is 1.28 bits per heavy atom. The minimum absolute atomic E-state index is 0.126. The van der Waals surface area contributed by atoms with E-state index < -0.39 is 27.0 Å². The first-order valence-corrected chi connectivity index (χ1v) is 7.27. The molecule has 0 saturated carbocycles. The molecular formula is C10H11BrF3NO2S. The van der Waals surface area contributed by atoms with Gasteiger partial charge in [0.25, 0.3) is 0 Å². The van der Waals surface area contributed by atoms with Gasteiger partial charge in [-0.25, -0.2) is 8.42 Å². The van der Waals surface area contributed by atoms with Crippen molar-refractivity contribution in [1.29, 1.82) is 0 Å². The van der Waals surface area contributed by atoms with Crippen LogP contribution in [-0.2, 0) is 16.2 Å². The second kappa shape index (κ2) is 5.08.